The highest BCUT2D eigenvalue weighted by Crippen LogP contribution is 2.59. The van der Waals surface area contributed by atoms with Gasteiger partial charge in [0.1, 0.15) is 0 Å². The van der Waals surface area contributed by atoms with Gasteiger partial charge in [0, 0.05) is 6.61 Å². The molecular weight excluding hydrogens is 136 g/mol. The van der Waals surface area contributed by atoms with Crippen molar-refractivity contribution in [3.8, 4) is 0 Å². The van der Waals surface area contributed by atoms with E-state index in [-0.39, 0.29) is 5.60 Å². The van der Waals surface area contributed by atoms with E-state index < -0.39 is 0 Å². The first-order chi connectivity index (χ1) is 5.06. The molecule has 1 saturated carbocycles. The SMILES string of the molecule is CC(C)C12CCOC(C)(C1)C2. The molecule has 2 bridgehead atoms. The van der Waals surface area contributed by atoms with Crippen molar-refractivity contribution in [1.82, 2.24) is 0 Å². The van der Waals surface area contributed by atoms with Crippen molar-refractivity contribution in [3.05, 3.63) is 0 Å². The zero-order valence-corrected chi connectivity index (χ0v) is 7.81. The summed E-state index contributed by atoms with van der Waals surface area (Å²) in [7, 11) is 0. The number of fused-ring (bicyclic) bond motifs is 2. The Morgan fingerprint density at radius 1 is 1.27 bits per heavy atom. The van der Waals surface area contributed by atoms with Crippen LogP contribution in [0.1, 0.15) is 40.0 Å². The van der Waals surface area contributed by atoms with Gasteiger partial charge in [-0.25, -0.2) is 0 Å². The molecule has 0 aromatic heterocycles. The van der Waals surface area contributed by atoms with Crippen molar-refractivity contribution in [2.45, 2.75) is 45.6 Å². The molecule has 3 fully saturated rings. The van der Waals surface area contributed by atoms with Crippen LogP contribution in [0.4, 0.5) is 0 Å². The molecule has 1 aliphatic carbocycles. The van der Waals surface area contributed by atoms with Crippen LogP contribution in [0.25, 0.3) is 0 Å². The zero-order valence-electron chi connectivity index (χ0n) is 7.81. The lowest BCUT2D eigenvalue weighted by molar-refractivity contribution is -0.229. The van der Waals surface area contributed by atoms with E-state index >= 15 is 0 Å². The fraction of sp³-hybridized carbons (Fsp3) is 1.00. The van der Waals surface area contributed by atoms with Crippen LogP contribution in [0.2, 0.25) is 0 Å². The van der Waals surface area contributed by atoms with Crippen LogP contribution in [0.5, 0.6) is 0 Å². The van der Waals surface area contributed by atoms with Crippen LogP contribution >= 0.6 is 0 Å². The Morgan fingerprint density at radius 3 is 2.27 bits per heavy atom. The molecule has 1 heteroatoms. The fourth-order valence-corrected chi connectivity index (χ4v) is 2.91. The lowest BCUT2D eigenvalue weighted by atomic mass is 9.52. The van der Waals surface area contributed by atoms with E-state index in [1.807, 2.05) is 0 Å². The smallest absolute Gasteiger partial charge is 0.0665 e. The second-order valence-electron chi connectivity index (χ2n) is 4.92. The second-order valence-corrected chi connectivity index (χ2v) is 4.92. The monoisotopic (exact) mass is 154 g/mol. The van der Waals surface area contributed by atoms with Gasteiger partial charge in [0.2, 0.25) is 0 Å². The van der Waals surface area contributed by atoms with Crippen LogP contribution in [-0.2, 0) is 4.74 Å². The van der Waals surface area contributed by atoms with Gasteiger partial charge in [0.25, 0.3) is 0 Å². The average Bonchev–Trinajstić information content (AvgIpc) is 1.85. The highest BCUT2D eigenvalue weighted by Gasteiger charge is 2.56. The quantitative estimate of drug-likeness (QED) is 0.564. The van der Waals surface area contributed by atoms with Crippen molar-refractivity contribution in [2.24, 2.45) is 11.3 Å². The van der Waals surface area contributed by atoms with Gasteiger partial charge in [0.15, 0.2) is 0 Å². The summed E-state index contributed by atoms with van der Waals surface area (Å²) >= 11 is 0. The van der Waals surface area contributed by atoms with Gasteiger partial charge >= 0.3 is 0 Å². The molecule has 0 unspecified atom stereocenters. The van der Waals surface area contributed by atoms with Crippen molar-refractivity contribution in [1.29, 1.82) is 0 Å². The largest absolute Gasteiger partial charge is 0.375 e. The van der Waals surface area contributed by atoms with E-state index in [1.165, 1.54) is 19.3 Å². The number of ether oxygens (including phenoxy) is 1. The van der Waals surface area contributed by atoms with E-state index in [0.717, 1.165) is 12.5 Å². The topological polar surface area (TPSA) is 9.23 Å². The summed E-state index contributed by atoms with van der Waals surface area (Å²) < 4.78 is 5.71. The maximum absolute atomic E-state index is 5.71. The highest BCUT2D eigenvalue weighted by atomic mass is 16.5. The first kappa shape index (κ1) is 7.60. The summed E-state index contributed by atoms with van der Waals surface area (Å²) in [4.78, 5) is 0. The summed E-state index contributed by atoms with van der Waals surface area (Å²) in [6.45, 7) is 7.96. The Bertz CT molecular complexity index is 166. The lowest BCUT2D eigenvalue weighted by Gasteiger charge is -2.61. The molecular formula is C10H18O. The first-order valence-corrected chi connectivity index (χ1v) is 4.70. The Kier molecular flexibility index (Phi) is 1.39. The molecule has 0 spiro atoms. The molecule has 2 saturated heterocycles. The van der Waals surface area contributed by atoms with E-state index in [2.05, 4.69) is 20.8 Å². The van der Waals surface area contributed by atoms with Crippen molar-refractivity contribution in [3.63, 3.8) is 0 Å². The van der Waals surface area contributed by atoms with Gasteiger partial charge in [-0.05, 0) is 37.5 Å². The van der Waals surface area contributed by atoms with E-state index in [9.17, 15) is 0 Å². The Balaban J connectivity index is 2.10. The maximum atomic E-state index is 5.71. The Morgan fingerprint density at radius 2 is 1.91 bits per heavy atom. The second kappa shape index (κ2) is 2.01. The molecule has 2 aliphatic heterocycles. The van der Waals surface area contributed by atoms with Crippen LogP contribution < -0.4 is 0 Å². The van der Waals surface area contributed by atoms with Gasteiger partial charge in [-0.2, -0.15) is 0 Å². The van der Waals surface area contributed by atoms with E-state index in [4.69, 9.17) is 4.74 Å². The van der Waals surface area contributed by atoms with E-state index in [1.54, 1.807) is 0 Å². The van der Waals surface area contributed by atoms with Crippen LogP contribution in [0.15, 0.2) is 0 Å². The molecule has 0 amide bonds. The van der Waals surface area contributed by atoms with Gasteiger partial charge in [-0.1, -0.05) is 13.8 Å². The molecule has 0 radical (unpaired) electrons. The third-order valence-corrected chi connectivity index (χ3v) is 3.73. The molecule has 64 valence electrons. The minimum Gasteiger partial charge on any atom is -0.375 e. The van der Waals surface area contributed by atoms with E-state index in [0.29, 0.717) is 5.41 Å². The lowest BCUT2D eigenvalue weighted by Crippen LogP contribution is -2.58. The van der Waals surface area contributed by atoms with Gasteiger partial charge in [-0.3, -0.25) is 0 Å². The predicted octanol–water partition coefficient (Wildman–Crippen LogP) is 2.60. The molecule has 2 heterocycles. The van der Waals surface area contributed by atoms with Crippen molar-refractivity contribution in [2.75, 3.05) is 6.61 Å². The minimum absolute atomic E-state index is 0.266. The zero-order chi connectivity index (χ0) is 8.11. The minimum atomic E-state index is 0.266. The standard InChI is InChI=1S/C10H18O/c1-8(2)10-4-5-11-9(3,6-10)7-10/h8H,4-7H2,1-3H3. The summed E-state index contributed by atoms with van der Waals surface area (Å²) in [6, 6.07) is 0. The Labute approximate surface area is 69.1 Å². The number of rotatable bonds is 1. The third kappa shape index (κ3) is 0.936. The summed E-state index contributed by atoms with van der Waals surface area (Å²) in [6.07, 6.45) is 3.90. The predicted molar refractivity (Wildman–Crippen MR) is 45.5 cm³/mol. The van der Waals surface area contributed by atoms with Crippen LogP contribution in [0, 0.1) is 11.3 Å². The number of hydrogen-bond donors (Lipinski definition) is 0. The molecule has 0 aromatic carbocycles. The summed E-state index contributed by atoms with van der Waals surface area (Å²) in [5, 5.41) is 0. The first-order valence-electron chi connectivity index (χ1n) is 4.70. The highest BCUT2D eigenvalue weighted by molar-refractivity contribution is 5.06. The maximum Gasteiger partial charge on any atom is 0.0665 e. The van der Waals surface area contributed by atoms with Crippen molar-refractivity contribution < 1.29 is 4.74 Å². The molecule has 0 atom stereocenters. The normalized spacial score (nSPS) is 49.1. The average molecular weight is 154 g/mol. The molecule has 3 aliphatic rings. The van der Waals surface area contributed by atoms with Gasteiger partial charge in [-0.15, -0.1) is 0 Å². The summed E-state index contributed by atoms with van der Waals surface area (Å²) in [5.74, 6) is 0.847. The van der Waals surface area contributed by atoms with Crippen LogP contribution in [0.3, 0.4) is 0 Å². The molecule has 0 aromatic rings. The molecule has 3 rings (SSSR count). The van der Waals surface area contributed by atoms with Gasteiger partial charge < -0.3 is 4.74 Å². The summed E-state index contributed by atoms with van der Waals surface area (Å²) in [5.41, 5.74) is 0.926. The molecule has 11 heavy (non-hydrogen) atoms. The third-order valence-electron chi connectivity index (χ3n) is 3.73. The fourth-order valence-electron chi connectivity index (χ4n) is 2.91. The number of hydrogen-bond acceptors (Lipinski definition) is 1. The molecule has 1 nitrogen and oxygen atoms in total. The van der Waals surface area contributed by atoms with Crippen LogP contribution in [-0.4, -0.2) is 12.2 Å². The molecule has 0 N–H and O–H groups in total. The van der Waals surface area contributed by atoms with Gasteiger partial charge in [0.05, 0.1) is 5.60 Å². The van der Waals surface area contributed by atoms with Crippen molar-refractivity contribution >= 4 is 0 Å². The Hall–Kier alpha value is -0.0400.